The van der Waals surface area contributed by atoms with Crippen molar-refractivity contribution in [3.05, 3.63) is 59.1 Å². The van der Waals surface area contributed by atoms with Crippen molar-refractivity contribution in [3.63, 3.8) is 0 Å². The zero-order valence-corrected chi connectivity index (χ0v) is 9.61. The van der Waals surface area contributed by atoms with Crippen LogP contribution in [0.25, 0.3) is 0 Å². The van der Waals surface area contributed by atoms with Crippen LogP contribution in [0.2, 0.25) is 5.02 Å². The first kappa shape index (κ1) is 11.5. The highest BCUT2D eigenvalue weighted by Crippen LogP contribution is 2.21. The number of benzene rings is 2. The summed E-state index contributed by atoms with van der Waals surface area (Å²) < 4.78 is 0. The summed E-state index contributed by atoms with van der Waals surface area (Å²) in [6.07, 6.45) is 0. The minimum absolute atomic E-state index is 0.0526. The SMILES string of the molecule is O=C(Nc1ccccc1Cl)c1cccc(O)c1. The Morgan fingerprint density at radius 3 is 2.59 bits per heavy atom. The number of amides is 1. The third kappa shape index (κ3) is 2.77. The van der Waals surface area contributed by atoms with Gasteiger partial charge in [-0.1, -0.05) is 29.8 Å². The Kier molecular flexibility index (Phi) is 3.30. The number of carbonyl (C=O) groups is 1. The van der Waals surface area contributed by atoms with Crippen molar-refractivity contribution in [2.75, 3.05) is 5.32 Å². The first-order valence-corrected chi connectivity index (χ1v) is 5.39. The molecular formula is C13H10ClNO2. The van der Waals surface area contributed by atoms with Gasteiger partial charge in [-0.2, -0.15) is 0 Å². The van der Waals surface area contributed by atoms with E-state index in [9.17, 15) is 9.90 Å². The largest absolute Gasteiger partial charge is 0.508 e. The second-order valence-corrected chi connectivity index (χ2v) is 3.89. The maximum atomic E-state index is 11.8. The lowest BCUT2D eigenvalue weighted by atomic mass is 10.2. The monoisotopic (exact) mass is 247 g/mol. The van der Waals surface area contributed by atoms with E-state index in [4.69, 9.17) is 11.6 Å². The number of nitrogens with one attached hydrogen (secondary N) is 1. The minimum Gasteiger partial charge on any atom is -0.508 e. The highest BCUT2D eigenvalue weighted by molar-refractivity contribution is 6.33. The van der Waals surface area contributed by atoms with E-state index in [0.717, 1.165) is 0 Å². The molecule has 0 bridgehead atoms. The van der Waals surface area contributed by atoms with Crippen LogP contribution < -0.4 is 5.32 Å². The van der Waals surface area contributed by atoms with Gasteiger partial charge in [-0.15, -0.1) is 0 Å². The third-order valence-electron chi connectivity index (χ3n) is 2.23. The number of hydrogen-bond acceptors (Lipinski definition) is 2. The van der Waals surface area contributed by atoms with Crippen LogP contribution >= 0.6 is 11.6 Å². The molecule has 1 amide bonds. The van der Waals surface area contributed by atoms with Crippen LogP contribution in [0, 0.1) is 0 Å². The van der Waals surface area contributed by atoms with Gasteiger partial charge in [0.2, 0.25) is 0 Å². The zero-order valence-electron chi connectivity index (χ0n) is 8.85. The van der Waals surface area contributed by atoms with Gasteiger partial charge in [0, 0.05) is 5.56 Å². The zero-order chi connectivity index (χ0) is 12.3. The van der Waals surface area contributed by atoms with Gasteiger partial charge < -0.3 is 10.4 Å². The molecule has 0 aliphatic rings. The molecule has 17 heavy (non-hydrogen) atoms. The summed E-state index contributed by atoms with van der Waals surface area (Å²) in [6.45, 7) is 0. The number of phenolic OH excluding ortho intramolecular Hbond substituents is 1. The summed E-state index contributed by atoms with van der Waals surface area (Å²) in [6, 6.07) is 13.1. The molecule has 0 unspecified atom stereocenters. The summed E-state index contributed by atoms with van der Waals surface area (Å²) in [5, 5.41) is 12.4. The van der Waals surface area contributed by atoms with Crippen molar-refractivity contribution in [2.45, 2.75) is 0 Å². The van der Waals surface area contributed by atoms with Crippen molar-refractivity contribution in [1.82, 2.24) is 0 Å². The Labute approximate surface area is 104 Å². The highest BCUT2D eigenvalue weighted by Gasteiger charge is 2.08. The molecule has 0 aromatic heterocycles. The summed E-state index contributed by atoms with van der Waals surface area (Å²) in [7, 11) is 0. The molecule has 2 rings (SSSR count). The van der Waals surface area contributed by atoms with E-state index < -0.39 is 0 Å². The van der Waals surface area contributed by atoms with Crippen LogP contribution in [0.4, 0.5) is 5.69 Å². The van der Waals surface area contributed by atoms with Gasteiger partial charge in [-0.3, -0.25) is 4.79 Å². The van der Waals surface area contributed by atoms with Crippen molar-refractivity contribution >= 4 is 23.2 Å². The maximum absolute atomic E-state index is 11.8. The molecule has 0 radical (unpaired) electrons. The molecule has 0 aliphatic carbocycles. The fourth-order valence-corrected chi connectivity index (χ4v) is 1.59. The predicted molar refractivity (Wildman–Crippen MR) is 67.5 cm³/mol. The molecule has 0 fully saturated rings. The molecule has 0 heterocycles. The number of aromatic hydroxyl groups is 1. The Bertz CT molecular complexity index is 555. The Morgan fingerprint density at radius 2 is 1.88 bits per heavy atom. The van der Waals surface area contributed by atoms with Crippen LogP contribution in [-0.2, 0) is 0 Å². The van der Waals surface area contributed by atoms with Crippen molar-refractivity contribution in [3.8, 4) is 5.75 Å². The van der Waals surface area contributed by atoms with Crippen LogP contribution in [0.3, 0.4) is 0 Å². The molecule has 0 aliphatic heterocycles. The number of halogens is 1. The van der Waals surface area contributed by atoms with Gasteiger partial charge in [-0.25, -0.2) is 0 Å². The van der Waals surface area contributed by atoms with Crippen LogP contribution in [0.5, 0.6) is 5.75 Å². The van der Waals surface area contributed by atoms with Crippen LogP contribution in [-0.4, -0.2) is 11.0 Å². The first-order chi connectivity index (χ1) is 8.16. The standard InChI is InChI=1S/C13H10ClNO2/c14-11-6-1-2-7-12(11)15-13(17)9-4-3-5-10(16)8-9/h1-8,16H,(H,15,17). The number of anilines is 1. The fourth-order valence-electron chi connectivity index (χ4n) is 1.40. The molecular weight excluding hydrogens is 238 g/mol. The van der Waals surface area contributed by atoms with Crippen molar-refractivity contribution < 1.29 is 9.90 Å². The highest BCUT2D eigenvalue weighted by atomic mass is 35.5. The molecule has 86 valence electrons. The lowest BCUT2D eigenvalue weighted by molar-refractivity contribution is 0.102. The van der Waals surface area contributed by atoms with E-state index >= 15 is 0 Å². The quantitative estimate of drug-likeness (QED) is 0.856. The Morgan fingerprint density at radius 1 is 1.12 bits per heavy atom. The summed E-state index contributed by atoms with van der Waals surface area (Å²) in [4.78, 5) is 11.8. The normalized spacial score (nSPS) is 9.94. The maximum Gasteiger partial charge on any atom is 0.255 e. The van der Waals surface area contributed by atoms with E-state index in [1.165, 1.54) is 12.1 Å². The Balaban J connectivity index is 2.20. The molecule has 2 N–H and O–H groups in total. The van der Waals surface area contributed by atoms with Crippen molar-refractivity contribution in [2.24, 2.45) is 0 Å². The lowest BCUT2D eigenvalue weighted by Gasteiger charge is -2.06. The molecule has 2 aromatic rings. The number of phenols is 1. The van der Waals surface area contributed by atoms with E-state index in [1.54, 1.807) is 36.4 Å². The van der Waals surface area contributed by atoms with Gasteiger partial charge in [-0.05, 0) is 30.3 Å². The second-order valence-electron chi connectivity index (χ2n) is 3.48. The second kappa shape index (κ2) is 4.89. The van der Waals surface area contributed by atoms with Gasteiger partial charge in [0.05, 0.1) is 10.7 Å². The molecule has 2 aromatic carbocycles. The van der Waals surface area contributed by atoms with E-state index in [0.29, 0.717) is 16.3 Å². The van der Waals surface area contributed by atoms with Crippen molar-refractivity contribution in [1.29, 1.82) is 0 Å². The molecule has 0 saturated heterocycles. The van der Waals surface area contributed by atoms with Gasteiger partial charge >= 0.3 is 0 Å². The summed E-state index contributed by atoms with van der Waals surface area (Å²) in [5.41, 5.74) is 0.924. The van der Waals surface area contributed by atoms with Gasteiger partial charge in [0.1, 0.15) is 5.75 Å². The number of hydrogen-bond donors (Lipinski definition) is 2. The van der Waals surface area contributed by atoms with E-state index in [2.05, 4.69) is 5.32 Å². The lowest BCUT2D eigenvalue weighted by Crippen LogP contribution is -2.11. The van der Waals surface area contributed by atoms with Gasteiger partial charge in [0.25, 0.3) is 5.91 Å². The number of para-hydroxylation sites is 1. The molecule has 4 heteroatoms. The molecule has 0 spiro atoms. The molecule has 3 nitrogen and oxygen atoms in total. The molecule has 0 saturated carbocycles. The van der Waals surface area contributed by atoms with Gasteiger partial charge in [0.15, 0.2) is 0 Å². The Hall–Kier alpha value is -2.00. The average molecular weight is 248 g/mol. The number of carbonyl (C=O) groups excluding carboxylic acids is 1. The topological polar surface area (TPSA) is 49.3 Å². The fraction of sp³-hybridized carbons (Fsp3) is 0. The predicted octanol–water partition coefficient (Wildman–Crippen LogP) is 3.30. The third-order valence-corrected chi connectivity index (χ3v) is 2.56. The van der Waals surface area contributed by atoms with E-state index in [-0.39, 0.29) is 11.7 Å². The number of rotatable bonds is 2. The van der Waals surface area contributed by atoms with Crippen LogP contribution in [0.1, 0.15) is 10.4 Å². The first-order valence-electron chi connectivity index (χ1n) is 5.02. The summed E-state index contributed by atoms with van der Waals surface area (Å²) in [5.74, 6) is -0.259. The smallest absolute Gasteiger partial charge is 0.255 e. The summed E-state index contributed by atoms with van der Waals surface area (Å²) >= 11 is 5.92. The van der Waals surface area contributed by atoms with Crippen LogP contribution in [0.15, 0.2) is 48.5 Å². The minimum atomic E-state index is -0.311. The average Bonchev–Trinajstić information content (AvgIpc) is 2.32. The van der Waals surface area contributed by atoms with E-state index in [1.807, 2.05) is 0 Å². The molecule has 0 atom stereocenters.